The van der Waals surface area contributed by atoms with E-state index >= 15 is 0 Å². The van der Waals surface area contributed by atoms with E-state index in [0.29, 0.717) is 24.7 Å². The zero-order chi connectivity index (χ0) is 17.1. The number of aromatic nitrogens is 1. The number of amides is 1. The van der Waals surface area contributed by atoms with Crippen LogP contribution in [0.1, 0.15) is 64.2 Å². The molecular formula is C20H30N4O. The molecule has 1 aromatic rings. The highest BCUT2D eigenvalue weighted by atomic mass is 16.2. The van der Waals surface area contributed by atoms with Crippen molar-refractivity contribution in [2.45, 2.75) is 82.3 Å². The summed E-state index contributed by atoms with van der Waals surface area (Å²) in [4.78, 5) is 19.3. The second kappa shape index (κ2) is 7.73. The Hall–Kier alpha value is -1.62. The van der Waals surface area contributed by atoms with Crippen LogP contribution in [-0.2, 0) is 4.79 Å². The number of anilines is 2. The van der Waals surface area contributed by atoms with Gasteiger partial charge in [0.05, 0.1) is 18.4 Å². The maximum atomic E-state index is 12.4. The fraction of sp³-hybridized carbons (Fsp3) is 0.700. The quantitative estimate of drug-likeness (QED) is 0.855. The van der Waals surface area contributed by atoms with Crippen LogP contribution in [-0.4, -0.2) is 40.5 Å². The summed E-state index contributed by atoms with van der Waals surface area (Å²) in [6.07, 6.45) is 14.6. The highest BCUT2D eigenvalue weighted by Crippen LogP contribution is 2.35. The van der Waals surface area contributed by atoms with E-state index in [4.69, 9.17) is 0 Å². The Labute approximate surface area is 150 Å². The Morgan fingerprint density at radius 1 is 1.00 bits per heavy atom. The predicted molar refractivity (Wildman–Crippen MR) is 101 cm³/mol. The number of hydrogen-bond donors (Lipinski definition) is 2. The molecule has 1 aliphatic carbocycles. The van der Waals surface area contributed by atoms with E-state index < -0.39 is 0 Å². The number of nitrogens with one attached hydrogen (secondary N) is 2. The van der Waals surface area contributed by atoms with Gasteiger partial charge in [0.1, 0.15) is 5.82 Å². The predicted octanol–water partition coefficient (Wildman–Crippen LogP) is 3.78. The van der Waals surface area contributed by atoms with Crippen LogP contribution in [0.25, 0.3) is 0 Å². The van der Waals surface area contributed by atoms with Gasteiger partial charge in [-0.15, -0.1) is 0 Å². The molecule has 1 aromatic heterocycles. The first-order chi connectivity index (χ1) is 12.3. The fourth-order valence-corrected chi connectivity index (χ4v) is 4.86. The topological polar surface area (TPSA) is 57.3 Å². The van der Waals surface area contributed by atoms with Crippen LogP contribution >= 0.6 is 0 Å². The molecule has 5 heteroatoms. The van der Waals surface area contributed by atoms with Gasteiger partial charge in [-0.05, 0) is 50.7 Å². The van der Waals surface area contributed by atoms with Gasteiger partial charge in [0.2, 0.25) is 5.91 Å². The van der Waals surface area contributed by atoms with E-state index in [-0.39, 0.29) is 5.91 Å². The first-order valence-electron chi connectivity index (χ1n) is 10.1. The lowest BCUT2D eigenvalue weighted by molar-refractivity contribution is -0.118. The average Bonchev–Trinajstić information content (AvgIpc) is 2.85. The zero-order valence-electron chi connectivity index (χ0n) is 15.0. The largest absolute Gasteiger partial charge is 0.367 e. The third kappa shape index (κ3) is 4.14. The number of hydrogen-bond acceptors (Lipinski definition) is 4. The second-order valence-electron chi connectivity index (χ2n) is 7.95. The minimum Gasteiger partial charge on any atom is -0.367 e. The van der Waals surface area contributed by atoms with Crippen molar-refractivity contribution in [2.24, 2.45) is 0 Å². The Morgan fingerprint density at radius 2 is 1.76 bits per heavy atom. The van der Waals surface area contributed by atoms with Gasteiger partial charge in [-0.2, -0.15) is 0 Å². The third-order valence-electron chi connectivity index (χ3n) is 6.18. The Kier molecular flexibility index (Phi) is 5.20. The van der Waals surface area contributed by atoms with Crippen LogP contribution in [0.4, 0.5) is 11.5 Å². The molecule has 2 aliphatic heterocycles. The van der Waals surface area contributed by atoms with Crippen molar-refractivity contribution >= 4 is 17.4 Å². The number of piperidine rings is 1. The molecule has 136 valence electrons. The van der Waals surface area contributed by atoms with Crippen LogP contribution in [0.3, 0.4) is 0 Å². The number of nitrogens with zero attached hydrogens (tertiary/aromatic N) is 2. The molecule has 1 saturated carbocycles. The SMILES string of the molecule is O=C(CN1C2CCCC1CC2)Nc1ccc(NC2CCCCC2)nc1. The van der Waals surface area contributed by atoms with Gasteiger partial charge in [0, 0.05) is 18.1 Å². The van der Waals surface area contributed by atoms with E-state index in [1.165, 1.54) is 64.2 Å². The number of rotatable bonds is 5. The molecule has 2 N–H and O–H groups in total. The second-order valence-corrected chi connectivity index (χ2v) is 7.95. The summed E-state index contributed by atoms with van der Waals surface area (Å²) in [7, 11) is 0. The lowest BCUT2D eigenvalue weighted by atomic mass is 9.95. The fourth-order valence-electron chi connectivity index (χ4n) is 4.86. The smallest absolute Gasteiger partial charge is 0.238 e. The molecule has 2 bridgehead atoms. The van der Waals surface area contributed by atoms with Crippen molar-refractivity contribution in [2.75, 3.05) is 17.2 Å². The summed E-state index contributed by atoms with van der Waals surface area (Å²) in [6.45, 7) is 0.525. The van der Waals surface area contributed by atoms with Crippen LogP contribution in [0, 0.1) is 0 Å². The monoisotopic (exact) mass is 342 g/mol. The van der Waals surface area contributed by atoms with Crippen molar-refractivity contribution in [3.63, 3.8) is 0 Å². The van der Waals surface area contributed by atoms with Crippen molar-refractivity contribution in [3.05, 3.63) is 18.3 Å². The summed E-state index contributed by atoms with van der Waals surface area (Å²) in [5.41, 5.74) is 0.795. The maximum Gasteiger partial charge on any atom is 0.238 e. The van der Waals surface area contributed by atoms with Gasteiger partial charge in [0.25, 0.3) is 0 Å². The average molecular weight is 342 g/mol. The highest BCUT2D eigenvalue weighted by Gasteiger charge is 2.37. The van der Waals surface area contributed by atoms with Crippen molar-refractivity contribution in [1.82, 2.24) is 9.88 Å². The van der Waals surface area contributed by atoms with Gasteiger partial charge in [-0.3, -0.25) is 9.69 Å². The van der Waals surface area contributed by atoms with Gasteiger partial charge in [0.15, 0.2) is 0 Å². The van der Waals surface area contributed by atoms with Gasteiger partial charge < -0.3 is 10.6 Å². The number of fused-ring (bicyclic) bond motifs is 2. The number of pyridine rings is 1. The zero-order valence-corrected chi connectivity index (χ0v) is 15.0. The maximum absolute atomic E-state index is 12.4. The van der Waals surface area contributed by atoms with Crippen molar-refractivity contribution in [3.8, 4) is 0 Å². The Morgan fingerprint density at radius 3 is 2.44 bits per heavy atom. The molecule has 3 aliphatic rings. The highest BCUT2D eigenvalue weighted by molar-refractivity contribution is 5.92. The molecule has 25 heavy (non-hydrogen) atoms. The van der Waals surface area contributed by atoms with Crippen molar-refractivity contribution in [1.29, 1.82) is 0 Å². The molecule has 1 amide bonds. The molecule has 2 unspecified atom stereocenters. The lowest BCUT2D eigenvalue weighted by Crippen LogP contribution is -2.44. The molecule has 0 spiro atoms. The van der Waals surface area contributed by atoms with E-state index in [2.05, 4.69) is 20.5 Å². The number of carbonyl (C=O) groups excluding carboxylic acids is 1. The molecular weight excluding hydrogens is 312 g/mol. The molecule has 2 atom stereocenters. The minimum atomic E-state index is 0.0913. The third-order valence-corrected chi connectivity index (χ3v) is 6.18. The summed E-state index contributed by atoms with van der Waals surface area (Å²) < 4.78 is 0. The molecule has 3 fully saturated rings. The van der Waals surface area contributed by atoms with E-state index in [0.717, 1.165) is 11.5 Å². The number of carbonyl (C=O) groups is 1. The van der Waals surface area contributed by atoms with Crippen molar-refractivity contribution < 1.29 is 4.79 Å². The van der Waals surface area contributed by atoms with Crippen LogP contribution < -0.4 is 10.6 Å². The molecule has 5 nitrogen and oxygen atoms in total. The van der Waals surface area contributed by atoms with E-state index in [9.17, 15) is 4.79 Å². The lowest BCUT2D eigenvalue weighted by Gasteiger charge is -2.33. The molecule has 4 rings (SSSR count). The molecule has 2 saturated heterocycles. The van der Waals surface area contributed by atoms with Crippen LogP contribution in [0.15, 0.2) is 18.3 Å². The standard InChI is InChI=1S/C20H30N4O/c25-20(14-24-17-7-4-8-18(24)11-10-17)23-16-9-12-19(21-13-16)22-15-5-2-1-3-6-15/h9,12-13,15,17-18H,1-8,10-11,14H2,(H,21,22)(H,23,25). The van der Waals surface area contributed by atoms with Gasteiger partial charge in [-0.1, -0.05) is 25.7 Å². The van der Waals surface area contributed by atoms with E-state index in [1.807, 2.05) is 12.1 Å². The molecule has 3 heterocycles. The first kappa shape index (κ1) is 16.8. The van der Waals surface area contributed by atoms with Gasteiger partial charge >= 0.3 is 0 Å². The molecule has 0 radical (unpaired) electrons. The van der Waals surface area contributed by atoms with Crippen LogP contribution in [0.5, 0.6) is 0 Å². The Bertz CT molecular complexity index is 566. The summed E-state index contributed by atoms with van der Waals surface area (Å²) in [6, 6.07) is 5.75. The normalized spacial score (nSPS) is 27.2. The Balaban J connectivity index is 1.28. The van der Waals surface area contributed by atoms with E-state index in [1.54, 1.807) is 6.20 Å². The summed E-state index contributed by atoms with van der Waals surface area (Å²) in [5, 5.41) is 6.53. The summed E-state index contributed by atoms with van der Waals surface area (Å²) >= 11 is 0. The minimum absolute atomic E-state index is 0.0913. The first-order valence-corrected chi connectivity index (χ1v) is 10.1. The van der Waals surface area contributed by atoms with Crippen LogP contribution in [0.2, 0.25) is 0 Å². The van der Waals surface area contributed by atoms with Gasteiger partial charge in [-0.25, -0.2) is 4.98 Å². The summed E-state index contributed by atoms with van der Waals surface area (Å²) in [5.74, 6) is 1.01. The molecule has 0 aromatic carbocycles.